The number of rotatable bonds is 3. The van der Waals surface area contributed by atoms with E-state index in [2.05, 4.69) is 33.2 Å². The molecule has 1 amide bonds. The molecule has 1 aliphatic rings. The number of carbonyl (C=O) groups is 1. The third-order valence-corrected chi connectivity index (χ3v) is 3.71. The first kappa shape index (κ1) is 12.8. The summed E-state index contributed by atoms with van der Waals surface area (Å²) in [5.74, 6) is 0.679. The van der Waals surface area contributed by atoms with Gasteiger partial charge in [0.05, 0.1) is 0 Å². The number of anilines is 1. The van der Waals surface area contributed by atoms with E-state index < -0.39 is 0 Å². The van der Waals surface area contributed by atoms with Gasteiger partial charge in [0.1, 0.15) is 0 Å². The summed E-state index contributed by atoms with van der Waals surface area (Å²) in [6, 6.07) is 7.90. The van der Waals surface area contributed by atoms with Gasteiger partial charge >= 0.3 is 0 Å². The summed E-state index contributed by atoms with van der Waals surface area (Å²) >= 11 is 2.25. The van der Waals surface area contributed by atoms with E-state index >= 15 is 0 Å². The Morgan fingerprint density at radius 2 is 2.18 bits per heavy atom. The summed E-state index contributed by atoms with van der Waals surface area (Å²) in [5, 5.41) is 6.28. The van der Waals surface area contributed by atoms with Gasteiger partial charge in [-0.15, -0.1) is 0 Å². The van der Waals surface area contributed by atoms with Gasteiger partial charge in [0.25, 0.3) is 0 Å². The predicted octanol–water partition coefficient (Wildman–Crippen LogP) is 2.62. The summed E-state index contributed by atoms with van der Waals surface area (Å²) in [5.41, 5.74) is 0.899. The van der Waals surface area contributed by atoms with Gasteiger partial charge in [-0.1, -0.05) is 6.07 Å². The van der Waals surface area contributed by atoms with Crippen molar-refractivity contribution in [3.8, 4) is 0 Å². The molecule has 1 aromatic rings. The van der Waals surface area contributed by atoms with Crippen molar-refractivity contribution in [2.45, 2.75) is 19.3 Å². The highest BCUT2D eigenvalue weighted by Crippen LogP contribution is 2.18. The third-order valence-electron chi connectivity index (χ3n) is 3.04. The summed E-state index contributed by atoms with van der Waals surface area (Å²) in [6.07, 6.45) is 2.87. The number of hydrogen-bond donors (Lipinski definition) is 2. The Hall–Kier alpha value is -0.620. The Bertz CT molecular complexity index is 389. The van der Waals surface area contributed by atoms with Crippen molar-refractivity contribution in [3.05, 3.63) is 27.8 Å². The van der Waals surface area contributed by atoms with Crippen LogP contribution in [0.25, 0.3) is 0 Å². The molecule has 0 unspecified atom stereocenters. The summed E-state index contributed by atoms with van der Waals surface area (Å²) in [4.78, 5) is 11.9. The van der Waals surface area contributed by atoms with Crippen LogP contribution in [-0.4, -0.2) is 19.0 Å². The summed E-state index contributed by atoms with van der Waals surface area (Å²) < 4.78 is 1.14. The second-order valence-electron chi connectivity index (χ2n) is 4.46. The zero-order valence-corrected chi connectivity index (χ0v) is 11.9. The average molecular weight is 344 g/mol. The van der Waals surface area contributed by atoms with Crippen LogP contribution in [0.5, 0.6) is 0 Å². The lowest BCUT2D eigenvalue weighted by atomic mass is 9.94. The molecule has 0 aliphatic carbocycles. The van der Waals surface area contributed by atoms with E-state index in [9.17, 15) is 4.79 Å². The Morgan fingerprint density at radius 1 is 1.41 bits per heavy atom. The largest absolute Gasteiger partial charge is 0.326 e. The van der Waals surface area contributed by atoms with Crippen molar-refractivity contribution >= 4 is 34.2 Å². The third kappa shape index (κ3) is 4.27. The van der Waals surface area contributed by atoms with Gasteiger partial charge in [0.15, 0.2) is 0 Å². The fourth-order valence-corrected chi connectivity index (χ4v) is 2.67. The number of hydrogen-bond acceptors (Lipinski definition) is 2. The van der Waals surface area contributed by atoms with Gasteiger partial charge in [0, 0.05) is 15.7 Å². The molecule has 92 valence electrons. The van der Waals surface area contributed by atoms with Crippen molar-refractivity contribution in [1.82, 2.24) is 5.32 Å². The van der Waals surface area contributed by atoms with Gasteiger partial charge in [-0.3, -0.25) is 4.79 Å². The van der Waals surface area contributed by atoms with E-state index in [0.717, 1.165) is 35.2 Å². The highest BCUT2D eigenvalue weighted by molar-refractivity contribution is 14.1. The standard InChI is InChI=1S/C13H17IN2O/c14-11-2-1-3-12(9-11)16-13(17)8-10-4-6-15-7-5-10/h1-3,9-10,15H,4-8H2,(H,16,17). The molecule has 0 spiro atoms. The molecule has 0 aromatic heterocycles. The van der Waals surface area contributed by atoms with E-state index in [4.69, 9.17) is 0 Å². The van der Waals surface area contributed by atoms with Crippen LogP contribution in [-0.2, 0) is 4.79 Å². The molecule has 17 heavy (non-hydrogen) atoms. The van der Waals surface area contributed by atoms with Crippen LogP contribution < -0.4 is 10.6 Å². The topological polar surface area (TPSA) is 41.1 Å². The first-order valence-corrected chi connectivity index (χ1v) is 7.08. The number of benzene rings is 1. The molecule has 0 radical (unpaired) electrons. The van der Waals surface area contributed by atoms with Crippen LogP contribution in [0.3, 0.4) is 0 Å². The van der Waals surface area contributed by atoms with Crippen molar-refractivity contribution in [2.75, 3.05) is 18.4 Å². The molecule has 2 N–H and O–H groups in total. The van der Waals surface area contributed by atoms with Crippen molar-refractivity contribution < 1.29 is 4.79 Å². The first-order valence-electron chi connectivity index (χ1n) is 6.00. The Kier molecular flexibility index (Phi) is 4.79. The Balaban J connectivity index is 1.84. The number of piperidine rings is 1. The summed E-state index contributed by atoms with van der Waals surface area (Å²) in [7, 11) is 0. The normalized spacial score (nSPS) is 16.8. The number of carbonyl (C=O) groups excluding carboxylic acids is 1. The van der Waals surface area contributed by atoms with Crippen molar-refractivity contribution in [1.29, 1.82) is 0 Å². The van der Waals surface area contributed by atoms with Gasteiger partial charge in [-0.25, -0.2) is 0 Å². The average Bonchev–Trinajstić information content (AvgIpc) is 2.30. The van der Waals surface area contributed by atoms with Crippen LogP contribution in [0.1, 0.15) is 19.3 Å². The zero-order valence-electron chi connectivity index (χ0n) is 9.71. The molecule has 1 fully saturated rings. The minimum absolute atomic E-state index is 0.138. The quantitative estimate of drug-likeness (QED) is 0.828. The molecular formula is C13H17IN2O. The molecule has 1 heterocycles. The number of amides is 1. The second kappa shape index (κ2) is 6.35. The lowest BCUT2D eigenvalue weighted by molar-refractivity contribution is -0.117. The van der Waals surface area contributed by atoms with Gasteiger partial charge < -0.3 is 10.6 Å². The van der Waals surface area contributed by atoms with Crippen LogP contribution in [0.4, 0.5) is 5.69 Å². The fourth-order valence-electron chi connectivity index (χ4n) is 2.13. The molecule has 2 rings (SSSR count). The van der Waals surface area contributed by atoms with E-state index in [1.807, 2.05) is 24.3 Å². The molecule has 0 saturated carbocycles. The minimum atomic E-state index is 0.138. The molecule has 1 aromatic carbocycles. The van der Waals surface area contributed by atoms with E-state index in [1.165, 1.54) is 0 Å². The fraction of sp³-hybridized carbons (Fsp3) is 0.462. The van der Waals surface area contributed by atoms with Crippen LogP contribution in [0.2, 0.25) is 0 Å². The summed E-state index contributed by atoms with van der Waals surface area (Å²) in [6.45, 7) is 2.09. The van der Waals surface area contributed by atoms with Gasteiger partial charge in [-0.2, -0.15) is 0 Å². The monoisotopic (exact) mass is 344 g/mol. The minimum Gasteiger partial charge on any atom is -0.326 e. The molecular weight excluding hydrogens is 327 g/mol. The number of nitrogens with one attached hydrogen (secondary N) is 2. The Morgan fingerprint density at radius 3 is 2.88 bits per heavy atom. The van der Waals surface area contributed by atoms with E-state index in [0.29, 0.717) is 12.3 Å². The first-order chi connectivity index (χ1) is 8.24. The van der Waals surface area contributed by atoms with Gasteiger partial charge in [-0.05, 0) is 72.6 Å². The highest BCUT2D eigenvalue weighted by atomic mass is 127. The van der Waals surface area contributed by atoms with Crippen LogP contribution in [0, 0.1) is 9.49 Å². The molecule has 0 bridgehead atoms. The lowest BCUT2D eigenvalue weighted by Gasteiger charge is -2.21. The highest BCUT2D eigenvalue weighted by Gasteiger charge is 2.16. The maximum absolute atomic E-state index is 11.9. The second-order valence-corrected chi connectivity index (χ2v) is 5.70. The lowest BCUT2D eigenvalue weighted by Crippen LogP contribution is -2.30. The van der Waals surface area contributed by atoms with Crippen molar-refractivity contribution in [3.63, 3.8) is 0 Å². The molecule has 0 atom stereocenters. The van der Waals surface area contributed by atoms with E-state index in [1.54, 1.807) is 0 Å². The maximum Gasteiger partial charge on any atom is 0.224 e. The van der Waals surface area contributed by atoms with E-state index in [-0.39, 0.29) is 5.91 Å². The SMILES string of the molecule is O=C(CC1CCNCC1)Nc1cccc(I)c1. The predicted molar refractivity (Wildman–Crippen MR) is 78.0 cm³/mol. The Labute approximate surface area is 116 Å². The van der Waals surface area contributed by atoms with Gasteiger partial charge in [0.2, 0.25) is 5.91 Å². The molecule has 1 saturated heterocycles. The smallest absolute Gasteiger partial charge is 0.224 e. The molecule has 1 aliphatic heterocycles. The maximum atomic E-state index is 11.9. The van der Waals surface area contributed by atoms with Crippen LogP contribution in [0.15, 0.2) is 24.3 Å². The van der Waals surface area contributed by atoms with Crippen LogP contribution >= 0.6 is 22.6 Å². The number of halogens is 1. The molecule has 4 heteroatoms. The zero-order chi connectivity index (χ0) is 12.1. The molecule has 3 nitrogen and oxygen atoms in total. The van der Waals surface area contributed by atoms with Crippen molar-refractivity contribution in [2.24, 2.45) is 5.92 Å².